The van der Waals surface area contributed by atoms with Gasteiger partial charge in [-0.1, -0.05) is 32.4 Å². The second-order valence-electron chi connectivity index (χ2n) is 10.3. The van der Waals surface area contributed by atoms with E-state index in [4.69, 9.17) is 32.8 Å². The fourth-order valence-corrected chi connectivity index (χ4v) is 5.43. The van der Waals surface area contributed by atoms with Gasteiger partial charge in [0.05, 0.1) is 17.1 Å². The smallest absolute Gasteiger partial charge is 0.147 e. The van der Waals surface area contributed by atoms with Crippen molar-refractivity contribution < 1.29 is 4.74 Å². The molecule has 1 aliphatic carbocycles. The summed E-state index contributed by atoms with van der Waals surface area (Å²) in [5.41, 5.74) is 17.6. The molecule has 0 bridgehead atoms. The average molecular weight is 516 g/mol. The monoisotopic (exact) mass is 515 g/mol. The van der Waals surface area contributed by atoms with Gasteiger partial charge in [-0.15, -0.1) is 11.6 Å². The fraction of sp³-hybridized carbons (Fsp3) is 0.655. The van der Waals surface area contributed by atoms with Crippen molar-refractivity contribution in [2.24, 2.45) is 16.6 Å². The summed E-state index contributed by atoms with van der Waals surface area (Å²) in [7, 11) is 0. The maximum absolute atomic E-state index is 7.02. The summed E-state index contributed by atoms with van der Waals surface area (Å²) in [5.74, 6) is 1.12. The SMILES string of the molecule is CCC/C=C/C(Cl)/C(=C\C(C)=NC1CCC(N)CC1)c1cnc(N)c(NCC2CCOCC2)c1CC. The van der Waals surface area contributed by atoms with Crippen molar-refractivity contribution in [1.82, 2.24) is 4.98 Å². The minimum atomic E-state index is -0.277. The van der Waals surface area contributed by atoms with E-state index in [1.54, 1.807) is 0 Å². The number of halogens is 1. The van der Waals surface area contributed by atoms with Crippen LogP contribution >= 0.6 is 11.6 Å². The van der Waals surface area contributed by atoms with Crippen LogP contribution in [0.4, 0.5) is 11.5 Å². The van der Waals surface area contributed by atoms with Gasteiger partial charge in [-0.05, 0) is 81.4 Å². The first-order chi connectivity index (χ1) is 17.4. The number of unbranched alkanes of at least 4 members (excludes halogenated alkanes) is 1. The number of alkyl halides is 1. The van der Waals surface area contributed by atoms with Crippen LogP contribution in [-0.4, -0.2) is 47.9 Å². The Morgan fingerprint density at radius 1 is 1.22 bits per heavy atom. The third-order valence-corrected chi connectivity index (χ3v) is 7.72. The van der Waals surface area contributed by atoms with Crippen LogP contribution in [0.5, 0.6) is 0 Å². The lowest BCUT2D eigenvalue weighted by atomic mass is 9.92. The molecular formula is C29H46ClN5O. The van der Waals surface area contributed by atoms with Crippen molar-refractivity contribution in [1.29, 1.82) is 0 Å². The summed E-state index contributed by atoms with van der Waals surface area (Å²) in [5, 5.41) is 3.36. The van der Waals surface area contributed by atoms with E-state index >= 15 is 0 Å². The fourth-order valence-electron chi connectivity index (χ4n) is 5.15. The molecule has 0 radical (unpaired) electrons. The van der Waals surface area contributed by atoms with Gasteiger partial charge in [-0.25, -0.2) is 4.98 Å². The van der Waals surface area contributed by atoms with E-state index in [0.717, 1.165) is 106 Å². The van der Waals surface area contributed by atoms with E-state index in [0.29, 0.717) is 23.8 Å². The molecule has 2 heterocycles. The van der Waals surface area contributed by atoms with Crippen molar-refractivity contribution >= 4 is 34.4 Å². The predicted octanol–water partition coefficient (Wildman–Crippen LogP) is 6.14. The first kappa shape index (κ1) is 28.7. The van der Waals surface area contributed by atoms with Crippen molar-refractivity contribution in [3.05, 3.63) is 35.6 Å². The zero-order valence-corrected chi connectivity index (χ0v) is 23.2. The third-order valence-electron chi connectivity index (χ3n) is 7.34. The molecule has 0 amide bonds. The molecular weight excluding hydrogens is 470 g/mol. The van der Waals surface area contributed by atoms with Crippen molar-refractivity contribution in [2.75, 3.05) is 30.8 Å². The van der Waals surface area contributed by atoms with E-state index in [9.17, 15) is 0 Å². The highest BCUT2D eigenvalue weighted by Crippen LogP contribution is 2.34. The summed E-state index contributed by atoms with van der Waals surface area (Å²) in [6.45, 7) is 8.95. The Morgan fingerprint density at radius 2 is 1.94 bits per heavy atom. The molecule has 3 rings (SSSR count). The summed E-state index contributed by atoms with van der Waals surface area (Å²) in [6, 6.07) is 0.650. The molecule has 200 valence electrons. The first-order valence-electron chi connectivity index (χ1n) is 13.8. The van der Waals surface area contributed by atoms with Gasteiger partial charge in [0, 0.05) is 43.3 Å². The van der Waals surface area contributed by atoms with Gasteiger partial charge < -0.3 is 21.5 Å². The van der Waals surface area contributed by atoms with Gasteiger partial charge in [-0.3, -0.25) is 4.99 Å². The maximum Gasteiger partial charge on any atom is 0.147 e. The minimum Gasteiger partial charge on any atom is -0.382 e. The Balaban J connectivity index is 1.94. The molecule has 1 atom stereocenters. The molecule has 1 saturated heterocycles. The quantitative estimate of drug-likeness (QED) is 0.187. The van der Waals surface area contributed by atoms with Crippen LogP contribution in [0.25, 0.3) is 5.57 Å². The summed E-state index contributed by atoms with van der Waals surface area (Å²) < 4.78 is 5.52. The number of ether oxygens (including phenoxy) is 1. The van der Waals surface area contributed by atoms with Crippen LogP contribution in [0.2, 0.25) is 0 Å². The molecule has 1 aliphatic heterocycles. The lowest BCUT2D eigenvalue weighted by molar-refractivity contribution is 0.0699. The maximum atomic E-state index is 7.02. The molecule has 1 saturated carbocycles. The number of aliphatic imine (C=N–C) groups is 1. The molecule has 6 nitrogen and oxygen atoms in total. The molecule has 7 heteroatoms. The Labute approximate surface area is 223 Å². The molecule has 1 unspecified atom stereocenters. The molecule has 2 aliphatic rings. The van der Waals surface area contributed by atoms with E-state index in [-0.39, 0.29) is 5.38 Å². The zero-order chi connectivity index (χ0) is 25.9. The Kier molecular flexibility index (Phi) is 11.7. The number of anilines is 2. The first-order valence-corrected chi connectivity index (χ1v) is 14.3. The summed E-state index contributed by atoms with van der Waals surface area (Å²) >= 11 is 7.02. The number of hydrogen-bond donors (Lipinski definition) is 3. The van der Waals surface area contributed by atoms with Crippen molar-refractivity contribution in [3.8, 4) is 0 Å². The summed E-state index contributed by atoms with van der Waals surface area (Å²) in [6.07, 6.45) is 17.5. The second-order valence-corrected chi connectivity index (χ2v) is 10.7. The standard InChI is InChI=1S/C29H46ClN5O/c1-4-6-7-8-27(30)25(17-20(3)35-23-11-9-22(31)10-12-23)26-19-34-29(32)28(24(26)5-2)33-18-21-13-15-36-16-14-21/h7-8,17,19,21-23,27,33H,4-6,9-16,18,31H2,1-3H3,(H2,32,34)/b8-7+,25-17-,35-20?. The van der Waals surface area contributed by atoms with Crippen molar-refractivity contribution in [2.45, 2.75) is 96.0 Å². The number of aromatic nitrogens is 1. The van der Waals surface area contributed by atoms with E-state index in [1.165, 1.54) is 0 Å². The molecule has 1 aromatic rings. The average Bonchev–Trinajstić information content (AvgIpc) is 2.88. The molecule has 36 heavy (non-hydrogen) atoms. The number of nitrogens with one attached hydrogen (secondary N) is 1. The van der Waals surface area contributed by atoms with Crippen molar-refractivity contribution in [3.63, 3.8) is 0 Å². The predicted molar refractivity (Wildman–Crippen MR) is 155 cm³/mol. The number of hydrogen-bond acceptors (Lipinski definition) is 6. The second kappa shape index (κ2) is 14.7. The zero-order valence-electron chi connectivity index (χ0n) is 22.4. The van der Waals surface area contributed by atoms with E-state index < -0.39 is 0 Å². The van der Waals surface area contributed by atoms with Crippen LogP contribution in [0.15, 0.2) is 29.4 Å². The highest BCUT2D eigenvalue weighted by atomic mass is 35.5. The van der Waals surface area contributed by atoms with Crippen LogP contribution in [0.3, 0.4) is 0 Å². The third kappa shape index (κ3) is 8.32. The van der Waals surface area contributed by atoms with Gasteiger partial charge in [0.15, 0.2) is 0 Å². The Bertz CT molecular complexity index is 914. The van der Waals surface area contributed by atoms with Gasteiger partial charge in [0.25, 0.3) is 0 Å². The van der Waals surface area contributed by atoms with E-state index in [1.807, 2.05) is 6.20 Å². The molecule has 0 aromatic carbocycles. The number of allylic oxidation sites excluding steroid dienone is 4. The minimum absolute atomic E-state index is 0.277. The van der Waals surface area contributed by atoms with Gasteiger partial charge in [0.1, 0.15) is 5.82 Å². The van der Waals surface area contributed by atoms with Crippen LogP contribution in [-0.2, 0) is 11.2 Å². The van der Waals surface area contributed by atoms with Gasteiger partial charge in [-0.2, -0.15) is 0 Å². The summed E-state index contributed by atoms with van der Waals surface area (Å²) in [4.78, 5) is 9.63. The Hall–Kier alpha value is -1.89. The topological polar surface area (TPSA) is 98.5 Å². The molecule has 2 fully saturated rings. The number of rotatable bonds is 11. The van der Waals surface area contributed by atoms with Crippen LogP contribution in [0, 0.1) is 5.92 Å². The highest BCUT2D eigenvalue weighted by molar-refractivity contribution is 6.28. The van der Waals surface area contributed by atoms with Crippen LogP contribution < -0.4 is 16.8 Å². The largest absolute Gasteiger partial charge is 0.382 e. The number of pyridine rings is 1. The normalized spacial score (nSPS) is 23.2. The molecule has 5 N–H and O–H groups in total. The molecule has 1 aromatic heterocycles. The lowest BCUT2D eigenvalue weighted by Crippen LogP contribution is -2.28. The lowest BCUT2D eigenvalue weighted by Gasteiger charge is -2.25. The Morgan fingerprint density at radius 3 is 2.61 bits per heavy atom. The highest BCUT2D eigenvalue weighted by Gasteiger charge is 2.22. The number of nitrogens with zero attached hydrogens (tertiary/aromatic N) is 2. The van der Waals surface area contributed by atoms with E-state index in [2.05, 4.69) is 49.3 Å². The van der Waals surface area contributed by atoms with Gasteiger partial charge in [0.2, 0.25) is 0 Å². The van der Waals surface area contributed by atoms with Crippen LogP contribution in [0.1, 0.15) is 83.3 Å². The molecule has 0 spiro atoms. The number of nitrogens with two attached hydrogens (primary N) is 2. The van der Waals surface area contributed by atoms with Gasteiger partial charge >= 0.3 is 0 Å². The number of nitrogen functional groups attached to an aromatic ring is 1.